The molecule has 0 aliphatic heterocycles. The van der Waals surface area contributed by atoms with Crippen molar-refractivity contribution in [3.05, 3.63) is 132 Å². The molecule has 0 spiro atoms. The molecule has 0 unspecified atom stereocenters. The summed E-state index contributed by atoms with van der Waals surface area (Å²) in [6, 6.07) is 28.1. The summed E-state index contributed by atoms with van der Waals surface area (Å²) < 4.78 is 22.6. The van der Waals surface area contributed by atoms with Gasteiger partial charge >= 0.3 is 11.9 Å². The van der Waals surface area contributed by atoms with Gasteiger partial charge < -0.3 is 29.6 Å². The zero-order valence-corrected chi connectivity index (χ0v) is 27.8. The number of rotatable bonds is 15. The lowest BCUT2D eigenvalue weighted by molar-refractivity contribution is -0.155. The van der Waals surface area contributed by atoms with Crippen molar-refractivity contribution in [3.8, 4) is 11.5 Å². The van der Waals surface area contributed by atoms with E-state index in [2.05, 4.69) is 17.2 Å². The van der Waals surface area contributed by atoms with Crippen LogP contribution in [0.2, 0.25) is 0 Å². The highest BCUT2D eigenvalue weighted by molar-refractivity contribution is 6.06. The lowest BCUT2D eigenvalue weighted by atomic mass is 10.1. The fourth-order valence-corrected chi connectivity index (χ4v) is 4.46. The van der Waals surface area contributed by atoms with Gasteiger partial charge in [0.2, 0.25) is 5.91 Å². The van der Waals surface area contributed by atoms with E-state index in [0.717, 1.165) is 11.1 Å². The summed E-state index contributed by atoms with van der Waals surface area (Å²) in [6.07, 6.45) is 1.28. The Morgan fingerprint density at radius 2 is 1.22 bits per heavy atom. The molecule has 2 N–H and O–H groups in total. The molecule has 254 valence electrons. The van der Waals surface area contributed by atoms with E-state index < -0.39 is 29.4 Å². The highest BCUT2D eigenvalue weighted by atomic mass is 16.6. The largest absolute Gasteiger partial charge is 0.487 e. The Hall–Kier alpha value is -5.90. The minimum absolute atomic E-state index is 0.0480. The Balaban J connectivity index is 1.55. The van der Waals surface area contributed by atoms with Crippen LogP contribution in [0.15, 0.2) is 110 Å². The molecule has 0 aliphatic rings. The van der Waals surface area contributed by atoms with Crippen LogP contribution in [0.25, 0.3) is 0 Å². The van der Waals surface area contributed by atoms with Gasteiger partial charge in [0.1, 0.15) is 36.9 Å². The van der Waals surface area contributed by atoms with Gasteiger partial charge in [-0.05, 0) is 68.3 Å². The molecule has 10 heteroatoms. The van der Waals surface area contributed by atoms with E-state index >= 15 is 0 Å². The van der Waals surface area contributed by atoms with Gasteiger partial charge in [-0.1, -0.05) is 73.3 Å². The predicted octanol–water partition coefficient (Wildman–Crippen LogP) is 7.50. The Kier molecular flexibility index (Phi) is 12.7. The number of ether oxygens (including phenoxy) is 4. The number of esters is 2. The number of anilines is 2. The molecule has 2 amide bonds. The van der Waals surface area contributed by atoms with Gasteiger partial charge in [0.25, 0.3) is 5.91 Å². The first-order valence-corrected chi connectivity index (χ1v) is 15.7. The topological polar surface area (TPSA) is 129 Å². The van der Waals surface area contributed by atoms with Crippen molar-refractivity contribution in [1.82, 2.24) is 0 Å². The van der Waals surface area contributed by atoms with Crippen molar-refractivity contribution in [2.24, 2.45) is 0 Å². The van der Waals surface area contributed by atoms with Crippen LogP contribution in [-0.2, 0) is 32.3 Å². The van der Waals surface area contributed by atoms with Crippen molar-refractivity contribution in [2.75, 3.05) is 17.2 Å². The molecule has 10 nitrogen and oxygen atoms in total. The first-order valence-electron chi connectivity index (χ1n) is 15.7. The average Bonchev–Trinajstić information content (AvgIpc) is 3.09. The van der Waals surface area contributed by atoms with Crippen LogP contribution >= 0.6 is 0 Å². The molecule has 4 aromatic carbocycles. The molecule has 0 heterocycles. The lowest BCUT2D eigenvalue weighted by Gasteiger charge is -2.19. The third-order valence-electron chi connectivity index (χ3n) is 6.77. The number of carbonyl (C=O) groups is 4. The molecule has 4 rings (SSSR count). The maximum atomic E-state index is 13.6. The number of nitrogens with one attached hydrogen (secondary N) is 2. The highest BCUT2D eigenvalue weighted by Gasteiger charge is 2.20. The highest BCUT2D eigenvalue weighted by Crippen LogP contribution is 2.31. The van der Waals surface area contributed by atoms with Gasteiger partial charge in [-0.3, -0.25) is 14.4 Å². The summed E-state index contributed by atoms with van der Waals surface area (Å²) >= 11 is 0. The second kappa shape index (κ2) is 17.3. The van der Waals surface area contributed by atoms with E-state index in [1.165, 1.54) is 24.3 Å². The summed E-state index contributed by atoms with van der Waals surface area (Å²) in [5, 5.41) is 5.64. The van der Waals surface area contributed by atoms with Gasteiger partial charge in [0.15, 0.2) is 0 Å². The number of amides is 2. The SMILES string of the molecule is C=CCOC(=O)c1ccc(NC(=O)c2ccc(NC(=O)CCC(=O)OC(C)(C)C)c(OCc3ccccc3)c2)c(OCc2ccccc2)c1. The van der Waals surface area contributed by atoms with E-state index in [-0.39, 0.29) is 55.3 Å². The monoisotopic (exact) mass is 664 g/mol. The minimum atomic E-state index is -0.656. The van der Waals surface area contributed by atoms with Crippen molar-refractivity contribution < 1.29 is 38.1 Å². The van der Waals surface area contributed by atoms with Crippen LogP contribution in [0.1, 0.15) is 65.5 Å². The third-order valence-corrected chi connectivity index (χ3v) is 6.77. The fourth-order valence-electron chi connectivity index (χ4n) is 4.46. The average molecular weight is 665 g/mol. The van der Waals surface area contributed by atoms with E-state index in [1.807, 2.05) is 60.7 Å². The van der Waals surface area contributed by atoms with Crippen molar-refractivity contribution in [3.63, 3.8) is 0 Å². The van der Waals surface area contributed by atoms with E-state index in [1.54, 1.807) is 39.0 Å². The Bertz CT molecular complexity index is 1770. The van der Waals surface area contributed by atoms with Crippen LogP contribution in [0.5, 0.6) is 11.5 Å². The quantitative estimate of drug-likeness (QED) is 0.0988. The van der Waals surface area contributed by atoms with Crippen molar-refractivity contribution >= 4 is 35.1 Å². The summed E-state index contributed by atoms with van der Waals surface area (Å²) in [5.74, 6) is -1.43. The van der Waals surface area contributed by atoms with E-state index in [0.29, 0.717) is 11.4 Å². The molecular weight excluding hydrogens is 624 g/mol. The number of hydrogen-bond acceptors (Lipinski definition) is 8. The fraction of sp³-hybridized carbons (Fsp3) is 0.231. The molecule has 0 fully saturated rings. The maximum absolute atomic E-state index is 13.6. The summed E-state index contributed by atoms with van der Waals surface area (Å²) in [5.41, 5.74) is 2.25. The number of hydrogen-bond donors (Lipinski definition) is 2. The van der Waals surface area contributed by atoms with Crippen molar-refractivity contribution in [2.45, 2.75) is 52.4 Å². The smallest absolute Gasteiger partial charge is 0.338 e. The molecule has 49 heavy (non-hydrogen) atoms. The van der Waals surface area contributed by atoms with Gasteiger partial charge in [0, 0.05) is 12.0 Å². The minimum Gasteiger partial charge on any atom is -0.487 e. The molecule has 0 radical (unpaired) electrons. The Labute approximate surface area is 286 Å². The third kappa shape index (κ3) is 11.7. The zero-order chi connectivity index (χ0) is 35.2. The molecule has 4 aromatic rings. The first kappa shape index (κ1) is 35.9. The lowest BCUT2D eigenvalue weighted by Crippen LogP contribution is -2.24. The number of benzene rings is 4. The first-order chi connectivity index (χ1) is 23.5. The number of carbonyl (C=O) groups excluding carboxylic acids is 4. The zero-order valence-electron chi connectivity index (χ0n) is 27.8. The molecule has 0 bridgehead atoms. The van der Waals surface area contributed by atoms with Gasteiger partial charge in [-0.25, -0.2) is 4.79 Å². The van der Waals surface area contributed by atoms with E-state index in [4.69, 9.17) is 18.9 Å². The molecule has 0 saturated carbocycles. The summed E-state index contributed by atoms with van der Waals surface area (Å²) in [7, 11) is 0. The molecule has 0 aliphatic carbocycles. The molecule has 0 atom stereocenters. The van der Waals surface area contributed by atoms with Gasteiger partial charge in [0.05, 0.1) is 23.4 Å². The van der Waals surface area contributed by atoms with Crippen LogP contribution in [0.3, 0.4) is 0 Å². The Morgan fingerprint density at radius 1 is 0.694 bits per heavy atom. The molecule has 0 aromatic heterocycles. The second-order valence-electron chi connectivity index (χ2n) is 11.9. The van der Waals surface area contributed by atoms with Gasteiger partial charge in [-0.15, -0.1) is 0 Å². The Morgan fingerprint density at radius 3 is 1.78 bits per heavy atom. The maximum Gasteiger partial charge on any atom is 0.338 e. The van der Waals surface area contributed by atoms with Gasteiger partial charge in [-0.2, -0.15) is 0 Å². The molecular formula is C39H40N2O8. The van der Waals surface area contributed by atoms with Crippen LogP contribution in [0.4, 0.5) is 11.4 Å². The standard InChI is InChI=1S/C39H40N2O8/c1-5-22-46-38(45)30-17-19-32(34(24-30)48-26-28-14-10-7-11-15-28)41-37(44)29-16-18-31(33(23-29)47-25-27-12-8-6-9-13-27)40-35(42)20-21-36(43)49-39(2,3)4/h5-19,23-24H,1,20-22,25-26H2,2-4H3,(H,40,42)(H,41,44). The van der Waals surface area contributed by atoms with Crippen molar-refractivity contribution in [1.29, 1.82) is 0 Å². The van der Waals surface area contributed by atoms with Crippen LogP contribution in [0, 0.1) is 0 Å². The normalized spacial score (nSPS) is 10.8. The predicted molar refractivity (Wildman–Crippen MR) is 187 cm³/mol. The second-order valence-corrected chi connectivity index (χ2v) is 11.9. The summed E-state index contributed by atoms with van der Waals surface area (Å²) in [6.45, 7) is 9.25. The van der Waals surface area contributed by atoms with E-state index in [9.17, 15) is 19.2 Å². The molecule has 0 saturated heterocycles. The van der Waals surface area contributed by atoms with Crippen LogP contribution in [-0.4, -0.2) is 36.0 Å². The van der Waals surface area contributed by atoms with Crippen LogP contribution < -0.4 is 20.1 Å². The summed E-state index contributed by atoms with van der Waals surface area (Å²) in [4.78, 5) is 51.1.